The Morgan fingerprint density at radius 3 is 2.43 bits per heavy atom. The van der Waals surface area contributed by atoms with Crippen molar-refractivity contribution in [1.29, 1.82) is 5.41 Å². The lowest BCUT2D eigenvalue weighted by atomic mass is 10.0. The van der Waals surface area contributed by atoms with Gasteiger partial charge in [0.25, 0.3) is 0 Å². The summed E-state index contributed by atoms with van der Waals surface area (Å²) >= 11 is 0. The summed E-state index contributed by atoms with van der Waals surface area (Å²) in [6.45, 7) is 3.25. The van der Waals surface area contributed by atoms with Crippen LogP contribution in [0.1, 0.15) is 32.6 Å². The molecule has 0 atom stereocenters. The van der Waals surface area contributed by atoms with Crippen LogP contribution >= 0.6 is 0 Å². The molecular weight excluding hydrogens is 268 g/mol. The molecule has 1 aliphatic heterocycles. The predicted molar refractivity (Wildman–Crippen MR) is 79.0 cm³/mol. The minimum atomic E-state index is 0.155. The molecular formula is C14H22N6O. The summed E-state index contributed by atoms with van der Waals surface area (Å²) in [6.07, 6.45) is 4.29. The number of anilines is 1. The number of amides is 1. The van der Waals surface area contributed by atoms with Crippen molar-refractivity contribution in [2.24, 2.45) is 0 Å². The van der Waals surface area contributed by atoms with Gasteiger partial charge >= 0.3 is 0 Å². The minimum absolute atomic E-state index is 0.155. The summed E-state index contributed by atoms with van der Waals surface area (Å²) in [4.78, 5) is 16.8. The summed E-state index contributed by atoms with van der Waals surface area (Å²) in [7, 11) is 0. The second kappa shape index (κ2) is 5.38. The molecule has 1 amide bonds. The van der Waals surface area contributed by atoms with Gasteiger partial charge in [0, 0.05) is 32.1 Å². The van der Waals surface area contributed by atoms with E-state index in [1.165, 1.54) is 12.8 Å². The van der Waals surface area contributed by atoms with E-state index in [-0.39, 0.29) is 11.4 Å². The summed E-state index contributed by atoms with van der Waals surface area (Å²) in [6, 6.07) is 4.49. The van der Waals surface area contributed by atoms with Crippen LogP contribution in [0.25, 0.3) is 0 Å². The van der Waals surface area contributed by atoms with Gasteiger partial charge in [-0.05, 0) is 37.8 Å². The first-order valence-corrected chi connectivity index (χ1v) is 7.50. The molecule has 1 aromatic heterocycles. The molecule has 0 spiro atoms. The van der Waals surface area contributed by atoms with Gasteiger partial charge in [-0.25, -0.2) is 0 Å². The van der Waals surface area contributed by atoms with E-state index in [2.05, 4.69) is 10.00 Å². The zero-order valence-electron chi connectivity index (χ0n) is 12.3. The van der Waals surface area contributed by atoms with Crippen molar-refractivity contribution >= 4 is 11.7 Å². The van der Waals surface area contributed by atoms with Crippen LogP contribution in [0.5, 0.6) is 0 Å². The summed E-state index contributed by atoms with van der Waals surface area (Å²) in [5.41, 5.74) is 0.195. The molecule has 7 nitrogen and oxygen atoms in total. The summed E-state index contributed by atoms with van der Waals surface area (Å²) in [5, 5.41) is 11.9. The number of piperidine rings is 1. The number of likely N-dealkylation sites (tertiary alicyclic amines) is 1. The SMILES string of the molecule is CC(=O)N1CCC(N(c2ccc(=N)n(N)n2)C2CC2)CC1. The standard InChI is InChI=1S/C14H22N6O/c1-10(21)18-8-6-12(7-9-18)19(11-2-3-11)14-5-4-13(15)20(16)17-14/h4-5,11-12,15H,2-3,6-9,16H2,1H3. The maximum Gasteiger partial charge on any atom is 0.219 e. The van der Waals surface area contributed by atoms with Gasteiger partial charge in [-0.2, -0.15) is 4.79 Å². The lowest BCUT2D eigenvalue weighted by Crippen LogP contribution is -2.48. The Hall–Kier alpha value is -2.05. The molecule has 0 radical (unpaired) electrons. The predicted octanol–water partition coefficient (Wildman–Crippen LogP) is 0.0561. The largest absolute Gasteiger partial charge is 0.349 e. The number of hydrogen-bond donors (Lipinski definition) is 2. The number of carbonyl (C=O) groups is 1. The first-order valence-electron chi connectivity index (χ1n) is 7.50. The molecule has 7 heteroatoms. The highest BCUT2D eigenvalue weighted by molar-refractivity contribution is 5.73. The molecule has 0 bridgehead atoms. The molecule has 1 saturated carbocycles. The van der Waals surface area contributed by atoms with Crippen molar-refractivity contribution in [2.75, 3.05) is 23.8 Å². The van der Waals surface area contributed by atoms with Crippen molar-refractivity contribution in [3.05, 3.63) is 17.6 Å². The number of carbonyl (C=O) groups excluding carboxylic acids is 1. The third-order valence-electron chi connectivity index (χ3n) is 4.36. The Morgan fingerprint density at radius 1 is 1.29 bits per heavy atom. The van der Waals surface area contributed by atoms with Gasteiger partial charge in [0.1, 0.15) is 0 Å². The van der Waals surface area contributed by atoms with Crippen LogP contribution in [0.15, 0.2) is 12.1 Å². The van der Waals surface area contributed by atoms with Crippen LogP contribution in [-0.2, 0) is 4.79 Å². The van der Waals surface area contributed by atoms with Gasteiger partial charge in [0.15, 0.2) is 11.3 Å². The Kier molecular flexibility index (Phi) is 3.57. The van der Waals surface area contributed by atoms with E-state index in [1.807, 2.05) is 11.0 Å². The van der Waals surface area contributed by atoms with Gasteiger partial charge in [-0.3, -0.25) is 10.2 Å². The first kappa shape index (κ1) is 13.9. The molecule has 1 aliphatic carbocycles. The second-order valence-electron chi connectivity index (χ2n) is 5.90. The third kappa shape index (κ3) is 2.86. The smallest absolute Gasteiger partial charge is 0.219 e. The third-order valence-corrected chi connectivity index (χ3v) is 4.36. The topological polar surface area (TPSA) is 91.2 Å². The van der Waals surface area contributed by atoms with Crippen molar-refractivity contribution in [2.45, 2.75) is 44.7 Å². The Morgan fingerprint density at radius 2 is 1.90 bits per heavy atom. The number of nitrogens with one attached hydrogen (secondary N) is 1. The van der Waals surface area contributed by atoms with Gasteiger partial charge in [0.2, 0.25) is 5.91 Å². The molecule has 2 heterocycles. The fourth-order valence-corrected chi connectivity index (χ4v) is 3.05. The molecule has 21 heavy (non-hydrogen) atoms. The highest BCUT2D eigenvalue weighted by atomic mass is 16.2. The van der Waals surface area contributed by atoms with Crippen molar-refractivity contribution in [3.8, 4) is 0 Å². The van der Waals surface area contributed by atoms with Crippen molar-refractivity contribution < 1.29 is 4.79 Å². The van der Waals surface area contributed by atoms with Crippen LogP contribution in [0.3, 0.4) is 0 Å². The first-order chi connectivity index (χ1) is 10.1. The van der Waals surface area contributed by atoms with Crippen molar-refractivity contribution in [3.63, 3.8) is 0 Å². The average Bonchev–Trinajstić information content (AvgIpc) is 3.28. The molecule has 3 rings (SSSR count). The monoisotopic (exact) mass is 290 g/mol. The Labute approximate surface area is 123 Å². The van der Waals surface area contributed by atoms with E-state index in [1.54, 1.807) is 13.0 Å². The summed E-state index contributed by atoms with van der Waals surface area (Å²) in [5.74, 6) is 6.71. The zero-order valence-corrected chi connectivity index (χ0v) is 12.3. The normalized spacial score (nSPS) is 19.6. The van der Waals surface area contributed by atoms with Gasteiger partial charge in [-0.1, -0.05) is 0 Å². The highest BCUT2D eigenvalue weighted by Gasteiger charge is 2.36. The molecule has 0 aromatic carbocycles. The number of nitrogens with two attached hydrogens (primary N) is 1. The van der Waals surface area contributed by atoms with E-state index in [0.717, 1.165) is 36.5 Å². The van der Waals surface area contributed by atoms with E-state index in [4.69, 9.17) is 11.3 Å². The average molecular weight is 290 g/mol. The van der Waals surface area contributed by atoms with Crippen LogP contribution in [0.2, 0.25) is 0 Å². The Balaban J connectivity index is 1.78. The van der Waals surface area contributed by atoms with E-state index in [9.17, 15) is 4.79 Å². The molecule has 3 N–H and O–H groups in total. The maximum atomic E-state index is 11.4. The van der Waals surface area contributed by atoms with Gasteiger partial charge in [-0.15, -0.1) is 5.10 Å². The van der Waals surface area contributed by atoms with Gasteiger partial charge < -0.3 is 15.6 Å². The van der Waals surface area contributed by atoms with Crippen LogP contribution in [0, 0.1) is 5.41 Å². The summed E-state index contributed by atoms with van der Waals surface area (Å²) < 4.78 is 0. The molecule has 2 aliphatic rings. The molecule has 2 fully saturated rings. The number of nitrogens with zero attached hydrogens (tertiary/aromatic N) is 4. The fourth-order valence-electron chi connectivity index (χ4n) is 3.05. The van der Waals surface area contributed by atoms with Crippen LogP contribution in [-0.4, -0.2) is 45.9 Å². The Bertz CT molecular complexity index is 585. The molecule has 114 valence electrons. The zero-order chi connectivity index (χ0) is 15.0. The molecule has 1 aromatic rings. The van der Waals surface area contributed by atoms with Crippen LogP contribution in [0.4, 0.5) is 5.82 Å². The second-order valence-corrected chi connectivity index (χ2v) is 5.90. The number of hydrogen-bond acceptors (Lipinski definition) is 5. The maximum absolute atomic E-state index is 11.4. The van der Waals surface area contributed by atoms with Gasteiger partial charge in [0.05, 0.1) is 0 Å². The van der Waals surface area contributed by atoms with Crippen LogP contribution < -0.4 is 16.2 Å². The molecule has 0 unspecified atom stereocenters. The molecule has 1 saturated heterocycles. The minimum Gasteiger partial charge on any atom is -0.349 e. The quantitative estimate of drug-likeness (QED) is 0.770. The number of nitrogen functional groups attached to an aromatic ring is 1. The number of aromatic nitrogens is 2. The fraction of sp³-hybridized carbons (Fsp3) is 0.643. The van der Waals surface area contributed by atoms with E-state index < -0.39 is 0 Å². The van der Waals surface area contributed by atoms with Crippen molar-refractivity contribution in [1.82, 2.24) is 14.8 Å². The lowest BCUT2D eigenvalue weighted by molar-refractivity contribution is -0.129. The number of rotatable bonds is 3. The lowest BCUT2D eigenvalue weighted by Gasteiger charge is -2.39. The highest BCUT2D eigenvalue weighted by Crippen LogP contribution is 2.34. The van der Waals surface area contributed by atoms with E-state index in [0.29, 0.717) is 12.1 Å². The van der Waals surface area contributed by atoms with E-state index >= 15 is 0 Å².